The molecule has 0 radical (unpaired) electrons. The molecule has 0 aromatic heterocycles. The predicted octanol–water partition coefficient (Wildman–Crippen LogP) is 2.03. The molecule has 0 saturated heterocycles. The number of rotatable bonds is 0. The van der Waals surface area contributed by atoms with Crippen LogP contribution >= 0.6 is 0 Å². The molecule has 1 heteroatoms. The maximum Gasteiger partial charge on any atom is 0.0950 e. The Balaban J connectivity index is 2.27. The van der Waals surface area contributed by atoms with Gasteiger partial charge >= 0.3 is 0 Å². The Morgan fingerprint density at radius 3 is 3.20 bits per heavy atom. The fourth-order valence-electron chi connectivity index (χ4n) is 1.84. The van der Waals surface area contributed by atoms with E-state index >= 15 is 0 Å². The third kappa shape index (κ3) is 0.623. The van der Waals surface area contributed by atoms with E-state index in [4.69, 9.17) is 5.26 Å². The molecule has 0 aromatic carbocycles. The summed E-state index contributed by atoms with van der Waals surface area (Å²) in [6.07, 6.45) is 8.73. The van der Waals surface area contributed by atoms with Crippen LogP contribution in [-0.4, -0.2) is 0 Å². The highest BCUT2D eigenvalue weighted by Gasteiger charge is 2.29. The minimum Gasteiger partial charge on any atom is -0.193 e. The van der Waals surface area contributed by atoms with E-state index in [0.717, 1.165) is 17.9 Å². The van der Waals surface area contributed by atoms with Crippen molar-refractivity contribution in [2.75, 3.05) is 0 Å². The smallest absolute Gasteiger partial charge is 0.0950 e. The first-order valence-corrected chi connectivity index (χ1v) is 3.68. The van der Waals surface area contributed by atoms with E-state index < -0.39 is 0 Å². The number of nitriles is 1. The molecular weight excluding hydrogens is 122 g/mol. The van der Waals surface area contributed by atoms with Gasteiger partial charge in [0.1, 0.15) is 0 Å². The van der Waals surface area contributed by atoms with E-state index in [0.29, 0.717) is 5.92 Å². The minimum absolute atomic E-state index is 0.477. The lowest BCUT2D eigenvalue weighted by Gasteiger charge is -2.07. The molecule has 10 heavy (non-hydrogen) atoms. The molecule has 0 amide bonds. The van der Waals surface area contributed by atoms with E-state index in [2.05, 4.69) is 24.3 Å². The van der Waals surface area contributed by atoms with Crippen LogP contribution in [0.4, 0.5) is 0 Å². The van der Waals surface area contributed by atoms with Crippen molar-refractivity contribution in [3.05, 3.63) is 23.8 Å². The first-order chi connectivity index (χ1) is 4.92. The Morgan fingerprint density at radius 2 is 2.40 bits per heavy atom. The lowest BCUT2D eigenvalue weighted by molar-refractivity contribution is 0.519. The number of hydrogen-bond acceptors (Lipinski definition) is 1. The summed E-state index contributed by atoms with van der Waals surface area (Å²) < 4.78 is 0. The Bertz CT molecular complexity index is 242. The van der Waals surface area contributed by atoms with Gasteiger partial charge in [0.05, 0.1) is 6.07 Å². The van der Waals surface area contributed by atoms with Crippen molar-refractivity contribution in [3.8, 4) is 6.07 Å². The zero-order valence-electron chi connectivity index (χ0n) is 5.75. The van der Waals surface area contributed by atoms with E-state index in [9.17, 15) is 0 Å². The van der Waals surface area contributed by atoms with Crippen LogP contribution in [0, 0.1) is 23.2 Å². The summed E-state index contributed by atoms with van der Waals surface area (Å²) in [5.41, 5.74) is 0.985. The quantitative estimate of drug-likeness (QED) is 0.461. The van der Waals surface area contributed by atoms with E-state index in [-0.39, 0.29) is 0 Å². The Labute approximate surface area is 60.7 Å². The van der Waals surface area contributed by atoms with Crippen LogP contribution in [0.25, 0.3) is 0 Å². The fourth-order valence-corrected chi connectivity index (χ4v) is 1.84. The van der Waals surface area contributed by atoms with Gasteiger partial charge in [-0.05, 0) is 18.8 Å². The first-order valence-electron chi connectivity index (χ1n) is 3.68. The lowest BCUT2D eigenvalue weighted by Crippen LogP contribution is -2.01. The van der Waals surface area contributed by atoms with Gasteiger partial charge in [0, 0.05) is 11.5 Å². The summed E-state index contributed by atoms with van der Waals surface area (Å²) >= 11 is 0. The third-order valence-electron chi connectivity index (χ3n) is 2.42. The second-order valence-corrected chi connectivity index (χ2v) is 2.96. The Morgan fingerprint density at radius 1 is 1.50 bits per heavy atom. The standard InChI is InChI=1S/C9H9N/c10-6-8-5-4-7-2-1-3-9(7)8/h1,3,5,7,9H,2,4H2. The van der Waals surface area contributed by atoms with Crippen LogP contribution < -0.4 is 0 Å². The van der Waals surface area contributed by atoms with E-state index in [1.165, 1.54) is 6.42 Å². The molecule has 0 saturated carbocycles. The van der Waals surface area contributed by atoms with Crippen molar-refractivity contribution in [2.24, 2.45) is 11.8 Å². The third-order valence-corrected chi connectivity index (χ3v) is 2.42. The van der Waals surface area contributed by atoms with Crippen molar-refractivity contribution < 1.29 is 0 Å². The predicted molar refractivity (Wildman–Crippen MR) is 39.1 cm³/mol. The summed E-state index contributed by atoms with van der Waals surface area (Å²) in [6, 6.07) is 2.25. The molecule has 0 heterocycles. The second-order valence-electron chi connectivity index (χ2n) is 2.96. The number of nitrogens with zero attached hydrogens (tertiary/aromatic N) is 1. The average molecular weight is 131 g/mol. The van der Waals surface area contributed by atoms with Gasteiger partial charge < -0.3 is 0 Å². The zero-order valence-corrected chi connectivity index (χ0v) is 5.75. The normalized spacial score (nSPS) is 35.3. The molecular formula is C9H9N. The van der Waals surface area contributed by atoms with Gasteiger partial charge in [-0.25, -0.2) is 0 Å². The second kappa shape index (κ2) is 1.98. The van der Waals surface area contributed by atoms with Gasteiger partial charge in [-0.1, -0.05) is 18.2 Å². The molecule has 0 fully saturated rings. The zero-order chi connectivity index (χ0) is 6.97. The van der Waals surface area contributed by atoms with Gasteiger partial charge in [-0.3, -0.25) is 0 Å². The highest BCUT2D eigenvalue weighted by Crippen LogP contribution is 2.39. The summed E-state index contributed by atoms with van der Waals surface area (Å²) in [4.78, 5) is 0. The summed E-state index contributed by atoms with van der Waals surface area (Å²) in [5, 5.41) is 8.66. The summed E-state index contributed by atoms with van der Waals surface area (Å²) in [5.74, 6) is 1.21. The minimum atomic E-state index is 0.477. The molecule has 2 aliphatic carbocycles. The molecule has 2 aliphatic rings. The molecule has 50 valence electrons. The molecule has 2 atom stereocenters. The Hall–Kier alpha value is -1.03. The molecule has 0 aliphatic heterocycles. The van der Waals surface area contributed by atoms with Crippen molar-refractivity contribution in [1.82, 2.24) is 0 Å². The van der Waals surface area contributed by atoms with Crippen LogP contribution in [0.2, 0.25) is 0 Å². The summed E-state index contributed by atoms with van der Waals surface area (Å²) in [6.45, 7) is 0. The maximum absolute atomic E-state index is 8.66. The largest absolute Gasteiger partial charge is 0.193 e. The maximum atomic E-state index is 8.66. The molecule has 0 bridgehead atoms. The summed E-state index contributed by atoms with van der Waals surface area (Å²) in [7, 11) is 0. The molecule has 2 unspecified atom stereocenters. The van der Waals surface area contributed by atoms with Crippen molar-refractivity contribution in [2.45, 2.75) is 12.8 Å². The molecule has 1 nitrogen and oxygen atoms in total. The van der Waals surface area contributed by atoms with Gasteiger partial charge in [0.15, 0.2) is 0 Å². The molecule has 0 spiro atoms. The number of fused-ring (bicyclic) bond motifs is 1. The SMILES string of the molecule is N#CC1=CCC2CC=CC12. The van der Waals surface area contributed by atoms with Gasteiger partial charge in [0.2, 0.25) is 0 Å². The van der Waals surface area contributed by atoms with Crippen molar-refractivity contribution in [3.63, 3.8) is 0 Å². The Kier molecular flexibility index (Phi) is 1.14. The van der Waals surface area contributed by atoms with Crippen LogP contribution in [0.3, 0.4) is 0 Å². The topological polar surface area (TPSA) is 23.8 Å². The molecule has 0 N–H and O–H groups in total. The van der Waals surface area contributed by atoms with Crippen LogP contribution in [-0.2, 0) is 0 Å². The monoisotopic (exact) mass is 131 g/mol. The fraction of sp³-hybridized carbons (Fsp3) is 0.444. The average Bonchev–Trinajstić information content (AvgIpc) is 2.44. The van der Waals surface area contributed by atoms with E-state index in [1.807, 2.05) is 0 Å². The van der Waals surface area contributed by atoms with Gasteiger partial charge in [-0.2, -0.15) is 5.26 Å². The number of hydrogen-bond donors (Lipinski definition) is 0. The highest BCUT2D eigenvalue weighted by molar-refractivity contribution is 5.34. The van der Waals surface area contributed by atoms with Gasteiger partial charge in [0.25, 0.3) is 0 Å². The molecule has 0 aromatic rings. The van der Waals surface area contributed by atoms with Crippen LogP contribution in [0.1, 0.15) is 12.8 Å². The van der Waals surface area contributed by atoms with Crippen molar-refractivity contribution >= 4 is 0 Å². The van der Waals surface area contributed by atoms with Gasteiger partial charge in [-0.15, -0.1) is 0 Å². The van der Waals surface area contributed by atoms with Crippen molar-refractivity contribution in [1.29, 1.82) is 5.26 Å². The first kappa shape index (κ1) is 5.73. The molecule has 2 rings (SSSR count). The van der Waals surface area contributed by atoms with Crippen LogP contribution in [0.5, 0.6) is 0 Å². The van der Waals surface area contributed by atoms with Crippen LogP contribution in [0.15, 0.2) is 23.8 Å². The number of allylic oxidation sites excluding steroid dienone is 4. The highest BCUT2D eigenvalue weighted by atomic mass is 14.4. The van der Waals surface area contributed by atoms with E-state index in [1.54, 1.807) is 0 Å². The lowest BCUT2D eigenvalue weighted by atomic mass is 9.95.